The monoisotopic (exact) mass is 386 g/mol. The molecule has 4 bridgehead atoms. The van der Waals surface area contributed by atoms with Gasteiger partial charge in [-0.15, -0.1) is 0 Å². The zero-order valence-corrected chi connectivity index (χ0v) is 15.4. The smallest absolute Gasteiger partial charge is 0.0595 e. The van der Waals surface area contributed by atoms with Crippen LogP contribution in [-0.4, -0.2) is 0 Å². The lowest BCUT2D eigenvalue weighted by molar-refractivity contribution is -0.101. The zero-order valence-electron chi connectivity index (χ0n) is 12.3. The van der Waals surface area contributed by atoms with E-state index in [1.165, 1.54) is 44.1 Å². The van der Waals surface area contributed by atoms with Crippen molar-refractivity contribution < 1.29 is 0 Å². The van der Waals surface area contributed by atoms with Crippen LogP contribution in [0.4, 0.5) is 0 Å². The molecule has 0 nitrogen and oxygen atoms in total. The Labute approximate surface area is 145 Å². The van der Waals surface area contributed by atoms with E-state index in [2.05, 4.69) is 35.0 Å². The molecule has 0 heterocycles. The fourth-order valence-corrected chi connectivity index (χ4v) is 7.25. The van der Waals surface area contributed by atoms with E-state index in [9.17, 15) is 0 Å². The summed E-state index contributed by atoms with van der Waals surface area (Å²) in [6.45, 7) is 2.52. The maximum atomic E-state index is 6.24. The van der Waals surface area contributed by atoms with Gasteiger partial charge >= 0.3 is 0 Å². The van der Waals surface area contributed by atoms with Gasteiger partial charge in [-0.2, -0.15) is 0 Å². The number of rotatable bonds is 2. The van der Waals surface area contributed by atoms with Crippen LogP contribution in [0, 0.1) is 22.7 Å². The molecule has 3 unspecified atom stereocenters. The Hall–Kier alpha value is 0.280. The highest BCUT2D eigenvalue weighted by atomic mass is 79.9. The summed E-state index contributed by atoms with van der Waals surface area (Å²) in [6.07, 6.45) is 8.50. The molecule has 4 fully saturated rings. The first-order valence-electron chi connectivity index (χ1n) is 7.98. The Morgan fingerprint density at radius 3 is 2.33 bits per heavy atom. The molecule has 0 aliphatic heterocycles. The number of benzene rings is 1. The topological polar surface area (TPSA) is 0 Å². The lowest BCUT2D eigenvalue weighted by Crippen LogP contribution is -2.52. The van der Waals surface area contributed by atoms with Crippen LogP contribution >= 0.6 is 39.1 Å². The Balaban J connectivity index is 1.70. The van der Waals surface area contributed by atoms with Crippen molar-refractivity contribution >= 4 is 39.1 Å². The van der Waals surface area contributed by atoms with Gasteiger partial charge in [0.25, 0.3) is 0 Å². The summed E-state index contributed by atoms with van der Waals surface area (Å²) in [6, 6.07) is 6.15. The normalized spacial score (nSPS) is 42.3. The molecule has 0 N–H and O–H groups in total. The molecule has 1 aromatic rings. The van der Waals surface area contributed by atoms with Crippen LogP contribution in [0.3, 0.4) is 0 Å². The molecule has 0 spiro atoms. The van der Waals surface area contributed by atoms with E-state index in [0.29, 0.717) is 25.7 Å². The maximum Gasteiger partial charge on any atom is 0.0595 e. The molecule has 0 amide bonds. The minimum Gasteiger partial charge on any atom is -0.0833 e. The van der Waals surface area contributed by atoms with E-state index in [4.69, 9.17) is 23.2 Å². The molecule has 1 aromatic carbocycles. The molecule has 4 aliphatic carbocycles. The van der Waals surface area contributed by atoms with E-state index in [-0.39, 0.29) is 0 Å². The second kappa shape index (κ2) is 4.89. The van der Waals surface area contributed by atoms with Crippen molar-refractivity contribution in [3.63, 3.8) is 0 Å². The van der Waals surface area contributed by atoms with Gasteiger partial charge in [-0.1, -0.05) is 52.1 Å². The highest BCUT2D eigenvalue weighted by molar-refractivity contribution is 9.09. The first-order chi connectivity index (χ1) is 9.89. The predicted octanol–water partition coefficient (Wildman–Crippen LogP) is 7.04. The molecule has 0 aromatic heterocycles. The number of halogens is 3. The first-order valence-corrected chi connectivity index (χ1v) is 9.65. The molecule has 5 rings (SSSR count). The first kappa shape index (κ1) is 14.8. The zero-order chi connectivity index (χ0) is 14.8. The molecule has 4 saturated carbocycles. The Morgan fingerprint density at radius 2 is 1.76 bits per heavy atom. The summed E-state index contributed by atoms with van der Waals surface area (Å²) in [5.74, 6) is 1.89. The Morgan fingerprint density at radius 1 is 1.10 bits per heavy atom. The standard InChI is InChI=1S/C18H21BrCl2/c1-17-6-11-4-12(7-17)9-18(8-11,10-17)16(19)13-2-3-14(20)15(21)5-13/h2-3,5,11-12,16H,4,6-10H2,1H3. The van der Waals surface area contributed by atoms with Crippen molar-refractivity contribution in [3.05, 3.63) is 33.8 Å². The van der Waals surface area contributed by atoms with Gasteiger partial charge in [-0.05, 0) is 78.9 Å². The Bertz CT molecular complexity index is 569. The van der Waals surface area contributed by atoms with Crippen LogP contribution in [-0.2, 0) is 0 Å². The fraction of sp³-hybridized carbons (Fsp3) is 0.667. The third-order valence-electron chi connectivity index (χ3n) is 6.17. The third-order valence-corrected chi connectivity index (χ3v) is 8.41. The second-order valence-corrected chi connectivity index (χ2v) is 9.90. The molecule has 4 aliphatic rings. The third kappa shape index (κ3) is 2.39. The van der Waals surface area contributed by atoms with Gasteiger partial charge in [-0.25, -0.2) is 0 Å². The van der Waals surface area contributed by atoms with Gasteiger partial charge in [0, 0.05) is 4.83 Å². The van der Waals surface area contributed by atoms with Crippen LogP contribution in [0.2, 0.25) is 10.0 Å². The van der Waals surface area contributed by atoms with Gasteiger partial charge < -0.3 is 0 Å². The summed E-state index contributed by atoms with van der Waals surface area (Å²) in [4.78, 5) is 0.407. The Kier molecular flexibility index (Phi) is 3.45. The average Bonchev–Trinajstić information content (AvgIpc) is 2.38. The summed E-state index contributed by atoms with van der Waals surface area (Å²) in [7, 11) is 0. The molecule has 0 radical (unpaired) electrons. The van der Waals surface area contributed by atoms with E-state index in [0.717, 1.165) is 11.8 Å². The molecule has 114 valence electrons. The lowest BCUT2D eigenvalue weighted by Gasteiger charge is -2.63. The highest BCUT2D eigenvalue weighted by Gasteiger charge is 2.58. The summed E-state index contributed by atoms with van der Waals surface area (Å²) >= 11 is 16.4. The van der Waals surface area contributed by atoms with Crippen LogP contribution in [0.25, 0.3) is 0 Å². The van der Waals surface area contributed by atoms with E-state index in [1.807, 2.05) is 6.07 Å². The van der Waals surface area contributed by atoms with Crippen molar-refractivity contribution in [1.29, 1.82) is 0 Å². The SMILES string of the molecule is CC12CC3CC(C1)CC(C(Br)c1ccc(Cl)c(Cl)c1)(C3)C2. The van der Waals surface area contributed by atoms with Crippen LogP contribution in [0.1, 0.15) is 55.8 Å². The molecular weight excluding hydrogens is 367 g/mol. The molecular formula is C18H21BrCl2. The van der Waals surface area contributed by atoms with Crippen LogP contribution in [0.5, 0.6) is 0 Å². The van der Waals surface area contributed by atoms with Crippen LogP contribution < -0.4 is 0 Å². The molecule has 0 saturated heterocycles. The van der Waals surface area contributed by atoms with Gasteiger partial charge in [0.2, 0.25) is 0 Å². The fourth-order valence-electron chi connectivity index (χ4n) is 6.12. The van der Waals surface area contributed by atoms with Crippen molar-refractivity contribution in [3.8, 4) is 0 Å². The number of hydrogen-bond donors (Lipinski definition) is 0. The largest absolute Gasteiger partial charge is 0.0833 e. The average molecular weight is 388 g/mol. The van der Waals surface area contributed by atoms with Crippen LogP contribution in [0.15, 0.2) is 18.2 Å². The quantitative estimate of drug-likeness (QED) is 0.477. The van der Waals surface area contributed by atoms with Gasteiger partial charge in [-0.3, -0.25) is 0 Å². The van der Waals surface area contributed by atoms with Crippen molar-refractivity contribution in [2.24, 2.45) is 22.7 Å². The summed E-state index contributed by atoms with van der Waals surface area (Å²) in [5.41, 5.74) is 2.30. The molecule has 3 atom stereocenters. The maximum absolute atomic E-state index is 6.24. The second-order valence-electron chi connectivity index (χ2n) is 8.17. The number of alkyl halides is 1. The van der Waals surface area contributed by atoms with Gasteiger partial charge in [0.05, 0.1) is 10.0 Å². The van der Waals surface area contributed by atoms with Crippen molar-refractivity contribution in [1.82, 2.24) is 0 Å². The number of hydrogen-bond acceptors (Lipinski definition) is 0. The lowest BCUT2D eigenvalue weighted by atomic mass is 9.44. The van der Waals surface area contributed by atoms with E-state index in [1.54, 1.807) is 0 Å². The molecule has 3 heteroatoms. The minimum atomic E-state index is 0.407. The van der Waals surface area contributed by atoms with Crippen molar-refractivity contribution in [2.75, 3.05) is 0 Å². The van der Waals surface area contributed by atoms with E-state index >= 15 is 0 Å². The molecule has 21 heavy (non-hydrogen) atoms. The van der Waals surface area contributed by atoms with Gasteiger partial charge in [0.1, 0.15) is 0 Å². The van der Waals surface area contributed by atoms with Crippen molar-refractivity contribution in [2.45, 2.75) is 50.3 Å². The van der Waals surface area contributed by atoms with Gasteiger partial charge in [0.15, 0.2) is 0 Å². The summed E-state index contributed by atoms with van der Waals surface area (Å²) in [5, 5.41) is 1.33. The van der Waals surface area contributed by atoms with E-state index < -0.39 is 0 Å². The predicted molar refractivity (Wildman–Crippen MR) is 93.4 cm³/mol. The highest BCUT2D eigenvalue weighted by Crippen LogP contribution is 2.69. The summed E-state index contributed by atoms with van der Waals surface area (Å²) < 4.78 is 0. The minimum absolute atomic E-state index is 0.407.